The summed E-state index contributed by atoms with van der Waals surface area (Å²) >= 11 is 0. The Hall–Kier alpha value is -2.68. The molecule has 2 aliphatic heterocycles. The molecule has 0 aliphatic carbocycles. The first kappa shape index (κ1) is 18.7. The number of nitrogens with zero attached hydrogens (tertiary/aromatic N) is 2. The lowest BCUT2D eigenvalue weighted by Gasteiger charge is -2.17. The van der Waals surface area contributed by atoms with Gasteiger partial charge in [-0.25, -0.2) is 8.42 Å². The summed E-state index contributed by atoms with van der Waals surface area (Å²) in [4.78, 5) is 14.8. The number of nitrogens with one attached hydrogen (secondary N) is 1. The molecule has 1 saturated heterocycles. The van der Waals surface area contributed by atoms with E-state index in [0.717, 1.165) is 12.8 Å². The van der Waals surface area contributed by atoms with Gasteiger partial charge >= 0.3 is 0 Å². The molecule has 0 bridgehead atoms. The summed E-state index contributed by atoms with van der Waals surface area (Å²) in [7, 11) is -2.21. The second-order valence-electron chi connectivity index (χ2n) is 7.11. The number of fused-ring (bicyclic) bond motifs is 1. The third-order valence-electron chi connectivity index (χ3n) is 5.42. The Morgan fingerprint density at radius 3 is 2.46 bits per heavy atom. The molecule has 0 radical (unpaired) electrons. The molecular weight excluding hydrogens is 382 g/mol. The van der Waals surface area contributed by atoms with Crippen LogP contribution in [0.5, 0.6) is 11.5 Å². The van der Waals surface area contributed by atoms with E-state index in [9.17, 15) is 13.2 Å². The van der Waals surface area contributed by atoms with Gasteiger partial charge in [-0.1, -0.05) is 0 Å². The number of hydrogen-bond donors (Lipinski definition) is 1. The molecule has 150 valence electrons. The van der Waals surface area contributed by atoms with Crippen molar-refractivity contribution < 1.29 is 22.7 Å². The van der Waals surface area contributed by atoms with Crippen molar-refractivity contribution in [2.24, 2.45) is 7.05 Å². The van der Waals surface area contributed by atoms with E-state index in [1.165, 1.54) is 0 Å². The zero-order valence-corrected chi connectivity index (χ0v) is 16.9. The minimum Gasteiger partial charge on any atom is -0.454 e. The molecule has 4 rings (SSSR count). The van der Waals surface area contributed by atoms with E-state index in [0.29, 0.717) is 41.7 Å². The summed E-state index contributed by atoms with van der Waals surface area (Å²) in [5.41, 5.74) is 1.76. The normalized spacial score (nSPS) is 15.9. The number of anilines is 1. The van der Waals surface area contributed by atoms with Gasteiger partial charge in [0.05, 0.1) is 11.3 Å². The maximum Gasteiger partial charge on any atom is 0.264 e. The van der Waals surface area contributed by atoms with Crippen LogP contribution in [0.15, 0.2) is 23.1 Å². The zero-order chi connectivity index (χ0) is 20.1. The van der Waals surface area contributed by atoms with Crippen LogP contribution in [0.25, 0.3) is 0 Å². The molecule has 1 amide bonds. The number of ether oxygens (including phenoxy) is 2. The highest BCUT2D eigenvalue weighted by Crippen LogP contribution is 2.36. The van der Waals surface area contributed by atoms with Crippen LogP contribution in [-0.2, 0) is 17.1 Å². The van der Waals surface area contributed by atoms with Crippen molar-refractivity contribution in [3.8, 4) is 11.5 Å². The van der Waals surface area contributed by atoms with Gasteiger partial charge in [0.25, 0.3) is 15.9 Å². The maximum atomic E-state index is 13.3. The van der Waals surface area contributed by atoms with Crippen LogP contribution < -0.4 is 14.2 Å². The molecule has 28 heavy (non-hydrogen) atoms. The smallest absolute Gasteiger partial charge is 0.264 e. The average Bonchev–Trinajstić information content (AvgIpc) is 3.37. The predicted molar refractivity (Wildman–Crippen MR) is 103 cm³/mol. The van der Waals surface area contributed by atoms with E-state index in [1.54, 1.807) is 48.6 Å². The molecule has 0 spiro atoms. The quantitative estimate of drug-likeness (QED) is 0.844. The number of carbonyl (C=O) groups is 1. The van der Waals surface area contributed by atoms with E-state index < -0.39 is 10.0 Å². The first-order chi connectivity index (χ1) is 13.3. The van der Waals surface area contributed by atoms with Crippen molar-refractivity contribution in [2.45, 2.75) is 31.6 Å². The molecule has 3 heterocycles. The molecule has 2 aliphatic rings. The minimum absolute atomic E-state index is 0.0297. The summed E-state index contributed by atoms with van der Waals surface area (Å²) in [5.74, 6) is 0.818. The Kier molecular flexibility index (Phi) is 4.49. The van der Waals surface area contributed by atoms with Crippen molar-refractivity contribution in [2.75, 3.05) is 24.6 Å². The molecule has 1 N–H and O–H groups in total. The number of aromatic nitrogens is 1. The monoisotopic (exact) mass is 405 g/mol. The van der Waals surface area contributed by atoms with E-state index in [1.807, 2.05) is 0 Å². The Morgan fingerprint density at radius 2 is 1.75 bits per heavy atom. The highest BCUT2D eigenvalue weighted by atomic mass is 32.2. The van der Waals surface area contributed by atoms with E-state index in [-0.39, 0.29) is 23.2 Å². The van der Waals surface area contributed by atoms with Crippen molar-refractivity contribution >= 4 is 21.6 Å². The number of sulfonamides is 1. The largest absolute Gasteiger partial charge is 0.454 e. The van der Waals surface area contributed by atoms with Crippen LogP contribution in [0.3, 0.4) is 0 Å². The molecule has 1 fully saturated rings. The van der Waals surface area contributed by atoms with E-state index >= 15 is 0 Å². The van der Waals surface area contributed by atoms with Crippen molar-refractivity contribution in [1.29, 1.82) is 0 Å². The summed E-state index contributed by atoms with van der Waals surface area (Å²) in [6, 6.07) is 4.84. The minimum atomic E-state index is -3.98. The van der Waals surface area contributed by atoms with Crippen LogP contribution in [-0.4, -0.2) is 43.7 Å². The molecule has 2 aromatic rings. The topological polar surface area (TPSA) is 89.9 Å². The molecule has 9 heteroatoms. The van der Waals surface area contributed by atoms with Gasteiger partial charge in [0.15, 0.2) is 11.5 Å². The van der Waals surface area contributed by atoms with Crippen LogP contribution >= 0.6 is 0 Å². The number of likely N-dealkylation sites (tertiary alicyclic amines) is 1. The van der Waals surface area contributed by atoms with Gasteiger partial charge in [0.1, 0.15) is 4.90 Å². The fraction of sp³-hybridized carbons (Fsp3) is 0.421. The number of rotatable bonds is 4. The lowest BCUT2D eigenvalue weighted by atomic mass is 10.2. The lowest BCUT2D eigenvalue weighted by Crippen LogP contribution is -2.30. The fourth-order valence-electron chi connectivity index (χ4n) is 3.74. The maximum absolute atomic E-state index is 13.3. The van der Waals surface area contributed by atoms with Crippen LogP contribution in [0.1, 0.15) is 34.6 Å². The number of carbonyl (C=O) groups excluding carboxylic acids is 1. The number of amides is 1. The summed E-state index contributed by atoms with van der Waals surface area (Å²) in [5, 5.41) is 0. The standard InChI is InChI=1S/C19H23N3O5S/c1-12-17(19(23)22-8-4-5-9-22)18(13(2)21(12)3)28(24,25)20-14-6-7-15-16(10-14)27-11-26-15/h6-7,10,20H,4-5,8-9,11H2,1-3H3. The van der Waals surface area contributed by atoms with Gasteiger partial charge in [-0.15, -0.1) is 0 Å². The van der Waals surface area contributed by atoms with Gasteiger partial charge in [0, 0.05) is 37.6 Å². The molecule has 1 aromatic carbocycles. The second kappa shape index (κ2) is 6.73. The van der Waals surface area contributed by atoms with Gasteiger partial charge in [-0.3, -0.25) is 9.52 Å². The Bertz CT molecular complexity index is 1050. The highest BCUT2D eigenvalue weighted by Gasteiger charge is 2.34. The first-order valence-corrected chi connectivity index (χ1v) is 10.7. The molecule has 0 atom stereocenters. The predicted octanol–water partition coefficient (Wildman–Crippen LogP) is 2.41. The molecular formula is C19H23N3O5S. The third kappa shape index (κ3) is 2.99. The lowest BCUT2D eigenvalue weighted by molar-refractivity contribution is 0.0788. The number of hydrogen-bond acceptors (Lipinski definition) is 5. The summed E-state index contributed by atoms with van der Waals surface area (Å²) < 4.78 is 41.4. The van der Waals surface area contributed by atoms with Gasteiger partial charge in [-0.2, -0.15) is 0 Å². The summed E-state index contributed by atoms with van der Waals surface area (Å²) in [6.45, 7) is 4.90. The van der Waals surface area contributed by atoms with Crippen LogP contribution in [0.2, 0.25) is 0 Å². The van der Waals surface area contributed by atoms with Crippen molar-refractivity contribution in [3.63, 3.8) is 0 Å². The third-order valence-corrected chi connectivity index (χ3v) is 6.97. The SMILES string of the molecule is Cc1c(C(=O)N2CCCC2)c(S(=O)(=O)Nc2ccc3c(c2)OCO3)c(C)n1C. The van der Waals surface area contributed by atoms with Crippen LogP contribution in [0.4, 0.5) is 5.69 Å². The Morgan fingerprint density at radius 1 is 1.07 bits per heavy atom. The summed E-state index contributed by atoms with van der Waals surface area (Å²) in [6.07, 6.45) is 1.88. The van der Waals surface area contributed by atoms with Gasteiger partial charge in [-0.05, 0) is 38.8 Å². The first-order valence-electron chi connectivity index (χ1n) is 9.17. The average molecular weight is 405 g/mol. The number of benzene rings is 1. The zero-order valence-electron chi connectivity index (χ0n) is 16.1. The fourth-order valence-corrected chi connectivity index (χ4v) is 5.31. The molecule has 1 aromatic heterocycles. The van der Waals surface area contributed by atoms with Crippen molar-refractivity contribution in [1.82, 2.24) is 9.47 Å². The Balaban J connectivity index is 1.74. The Labute approximate surface area is 164 Å². The van der Waals surface area contributed by atoms with E-state index in [4.69, 9.17) is 9.47 Å². The van der Waals surface area contributed by atoms with Gasteiger partial charge < -0.3 is 18.9 Å². The van der Waals surface area contributed by atoms with Gasteiger partial charge in [0.2, 0.25) is 6.79 Å². The van der Waals surface area contributed by atoms with Crippen molar-refractivity contribution in [3.05, 3.63) is 35.2 Å². The molecule has 0 unspecified atom stereocenters. The second-order valence-corrected chi connectivity index (χ2v) is 8.73. The van der Waals surface area contributed by atoms with E-state index in [2.05, 4.69) is 4.72 Å². The molecule has 0 saturated carbocycles. The van der Waals surface area contributed by atoms with Crippen LogP contribution in [0, 0.1) is 13.8 Å². The molecule has 8 nitrogen and oxygen atoms in total. The highest BCUT2D eigenvalue weighted by molar-refractivity contribution is 7.92.